The summed E-state index contributed by atoms with van der Waals surface area (Å²) in [6.07, 6.45) is 0. The second-order valence-corrected chi connectivity index (χ2v) is 4.60. The lowest BCUT2D eigenvalue weighted by Gasteiger charge is -2.39. The van der Waals surface area contributed by atoms with Crippen molar-refractivity contribution in [3.8, 4) is 0 Å². The van der Waals surface area contributed by atoms with Crippen molar-refractivity contribution in [2.24, 2.45) is 5.92 Å². The van der Waals surface area contributed by atoms with Crippen LogP contribution in [0.4, 0.5) is 0 Å². The van der Waals surface area contributed by atoms with Gasteiger partial charge in [0.25, 0.3) is 0 Å². The minimum atomic E-state index is 0.226. The van der Waals surface area contributed by atoms with Crippen molar-refractivity contribution in [1.29, 1.82) is 0 Å². The van der Waals surface area contributed by atoms with Crippen molar-refractivity contribution in [1.82, 2.24) is 15.1 Å². The molecule has 1 saturated heterocycles. The highest BCUT2D eigenvalue weighted by Crippen LogP contribution is 2.16. The number of hydrogen-bond acceptors (Lipinski definition) is 3. The standard InChI is InChI=1S/C11H23N3O/c1-5-14-6-10(7-14)11(15)13(4)8-12-9(2)3/h9-10,12H,5-8H2,1-4H3. The molecule has 0 aromatic heterocycles. The Morgan fingerprint density at radius 3 is 2.60 bits per heavy atom. The maximum absolute atomic E-state index is 11.9. The summed E-state index contributed by atoms with van der Waals surface area (Å²) < 4.78 is 0. The van der Waals surface area contributed by atoms with Crippen molar-refractivity contribution in [3.63, 3.8) is 0 Å². The average molecular weight is 213 g/mol. The molecule has 88 valence electrons. The van der Waals surface area contributed by atoms with Crippen LogP contribution in [0.1, 0.15) is 20.8 Å². The zero-order chi connectivity index (χ0) is 11.4. The first kappa shape index (κ1) is 12.5. The molecule has 0 spiro atoms. The van der Waals surface area contributed by atoms with Gasteiger partial charge in [-0.05, 0) is 20.4 Å². The van der Waals surface area contributed by atoms with Crippen LogP contribution in [0.2, 0.25) is 0 Å². The van der Waals surface area contributed by atoms with Crippen molar-refractivity contribution in [2.45, 2.75) is 26.8 Å². The zero-order valence-corrected chi connectivity index (χ0v) is 10.3. The first-order valence-corrected chi connectivity index (χ1v) is 5.75. The lowest BCUT2D eigenvalue weighted by atomic mass is 9.99. The molecule has 1 aliphatic heterocycles. The van der Waals surface area contributed by atoms with Crippen molar-refractivity contribution >= 4 is 5.91 Å². The predicted octanol–water partition coefficient (Wildman–Crippen LogP) is 0.352. The normalized spacial score (nSPS) is 17.9. The Morgan fingerprint density at radius 2 is 2.13 bits per heavy atom. The lowest BCUT2D eigenvalue weighted by molar-refractivity contribution is -0.140. The molecule has 0 bridgehead atoms. The lowest BCUT2D eigenvalue weighted by Crippen LogP contribution is -2.54. The molecule has 0 unspecified atom stereocenters. The van der Waals surface area contributed by atoms with Gasteiger partial charge in [-0.2, -0.15) is 0 Å². The number of amides is 1. The second-order valence-electron chi connectivity index (χ2n) is 4.60. The van der Waals surface area contributed by atoms with E-state index in [0.29, 0.717) is 12.7 Å². The number of nitrogens with one attached hydrogen (secondary N) is 1. The monoisotopic (exact) mass is 213 g/mol. The van der Waals surface area contributed by atoms with Gasteiger partial charge in [-0.25, -0.2) is 0 Å². The van der Waals surface area contributed by atoms with E-state index >= 15 is 0 Å². The van der Waals surface area contributed by atoms with Gasteiger partial charge < -0.3 is 9.80 Å². The van der Waals surface area contributed by atoms with Crippen LogP contribution in [0.25, 0.3) is 0 Å². The van der Waals surface area contributed by atoms with Gasteiger partial charge in [0.05, 0.1) is 12.6 Å². The quantitative estimate of drug-likeness (QED) is 0.670. The zero-order valence-electron chi connectivity index (χ0n) is 10.3. The maximum atomic E-state index is 11.9. The van der Waals surface area contributed by atoms with Crippen LogP contribution in [0.3, 0.4) is 0 Å². The third-order valence-corrected chi connectivity index (χ3v) is 2.87. The van der Waals surface area contributed by atoms with Gasteiger partial charge in [0.15, 0.2) is 0 Å². The van der Waals surface area contributed by atoms with Crippen molar-refractivity contribution in [3.05, 3.63) is 0 Å². The fraction of sp³-hybridized carbons (Fsp3) is 0.909. The Kier molecular flexibility index (Phi) is 4.54. The molecule has 0 aromatic rings. The van der Waals surface area contributed by atoms with E-state index in [9.17, 15) is 4.79 Å². The van der Waals surface area contributed by atoms with E-state index in [1.165, 1.54) is 0 Å². The Balaban J connectivity index is 2.22. The van der Waals surface area contributed by atoms with Gasteiger partial charge in [0.1, 0.15) is 0 Å². The van der Waals surface area contributed by atoms with Crippen LogP contribution in [-0.2, 0) is 4.79 Å². The number of hydrogen-bond donors (Lipinski definition) is 1. The smallest absolute Gasteiger partial charge is 0.229 e. The Hall–Kier alpha value is -0.610. The first-order valence-electron chi connectivity index (χ1n) is 5.75. The molecule has 0 radical (unpaired) electrons. The Morgan fingerprint density at radius 1 is 1.53 bits per heavy atom. The minimum Gasteiger partial charge on any atom is -0.333 e. The molecule has 1 N–H and O–H groups in total. The molecule has 0 atom stereocenters. The van der Waals surface area contributed by atoms with Crippen LogP contribution in [-0.4, -0.2) is 55.1 Å². The number of nitrogens with zero attached hydrogens (tertiary/aromatic N) is 2. The van der Waals surface area contributed by atoms with E-state index in [-0.39, 0.29) is 11.8 Å². The van der Waals surface area contributed by atoms with E-state index in [1.807, 2.05) is 7.05 Å². The van der Waals surface area contributed by atoms with Crippen LogP contribution < -0.4 is 5.32 Å². The summed E-state index contributed by atoms with van der Waals surface area (Å²) in [7, 11) is 1.87. The van der Waals surface area contributed by atoms with E-state index in [1.54, 1.807) is 4.90 Å². The van der Waals surface area contributed by atoms with Gasteiger partial charge in [-0.15, -0.1) is 0 Å². The second kappa shape index (κ2) is 5.47. The molecule has 1 amide bonds. The molecular formula is C11H23N3O. The molecule has 0 aromatic carbocycles. The third kappa shape index (κ3) is 3.47. The molecule has 0 aliphatic carbocycles. The Labute approximate surface area is 92.6 Å². The van der Waals surface area contributed by atoms with Gasteiger partial charge >= 0.3 is 0 Å². The fourth-order valence-corrected chi connectivity index (χ4v) is 1.69. The SMILES string of the molecule is CCN1CC(C(=O)N(C)CNC(C)C)C1. The molecule has 15 heavy (non-hydrogen) atoms. The summed E-state index contributed by atoms with van der Waals surface area (Å²) in [5.74, 6) is 0.497. The fourth-order valence-electron chi connectivity index (χ4n) is 1.69. The molecular weight excluding hydrogens is 190 g/mol. The topological polar surface area (TPSA) is 35.6 Å². The van der Waals surface area contributed by atoms with Gasteiger partial charge in [0.2, 0.25) is 5.91 Å². The number of likely N-dealkylation sites (tertiary alicyclic amines) is 1. The maximum Gasteiger partial charge on any atom is 0.229 e. The van der Waals surface area contributed by atoms with Crippen LogP contribution in [0.15, 0.2) is 0 Å². The molecule has 1 rings (SSSR count). The molecule has 0 saturated carbocycles. The largest absolute Gasteiger partial charge is 0.333 e. The molecule has 4 nitrogen and oxygen atoms in total. The first-order chi connectivity index (χ1) is 7.04. The molecule has 4 heteroatoms. The van der Waals surface area contributed by atoms with Gasteiger partial charge in [-0.1, -0.05) is 6.92 Å². The highest BCUT2D eigenvalue weighted by atomic mass is 16.2. The average Bonchev–Trinajstić information content (AvgIpc) is 2.12. The van der Waals surface area contributed by atoms with Gasteiger partial charge in [0, 0.05) is 26.2 Å². The summed E-state index contributed by atoms with van der Waals surface area (Å²) in [6.45, 7) is 9.87. The highest BCUT2D eigenvalue weighted by Gasteiger charge is 2.32. The Bertz CT molecular complexity index is 212. The summed E-state index contributed by atoms with van der Waals surface area (Å²) >= 11 is 0. The summed E-state index contributed by atoms with van der Waals surface area (Å²) in [5.41, 5.74) is 0. The van der Waals surface area contributed by atoms with Crippen LogP contribution in [0.5, 0.6) is 0 Å². The van der Waals surface area contributed by atoms with Gasteiger partial charge in [-0.3, -0.25) is 10.1 Å². The molecule has 1 heterocycles. The van der Waals surface area contributed by atoms with E-state index in [2.05, 4.69) is 31.0 Å². The number of rotatable bonds is 5. The summed E-state index contributed by atoms with van der Waals surface area (Å²) in [6, 6.07) is 0.425. The summed E-state index contributed by atoms with van der Waals surface area (Å²) in [4.78, 5) is 15.9. The van der Waals surface area contributed by atoms with Crippen LogP contribution in [0, 0.1) is 5.92 Å². The van der Waals surface area contributed by atoms with E-state index < -0.39 is 0 Å². The highest BCUT2D eigenvalue weighted by molar-refractivity contribution is 5.79. The minimum absolute atomic E-state index is 0.226. The van der Waals surface area contributed by atoms with Crippen molar-refractivity contribution in [2.75, 3.05) is 33.4 Å². The molecule has 1 aliphatic rings. The van der Waals surface area contributed by atoms with E-state index in [4.69, 9.17) is 0 Å². The summed E-state index contributed by atoms with van der Waals surface area (Å²) in [5, 5.41) is 3.25. The molecule has 1 fully saturated rings. The number of carbonyl (C=O) groups is 1. The predicted molar refractivity (Wildman–Crippen MR) is 61.5 cm³/mol. The third-order valence-electron chi connectivity index (χ3n) is 2.87. The number of carbonyl (C=O) groups excluding carboxylic acids is 1. The van der Waals surface area contributed by atoms with E-state index in [0.717, 1.165) is 19.6 Å². The van der Waals surface area contributed by atoms with Crippen molar-refractivity contribution < 1.29 is 4.79 Å². The van der Waals surface area contributed by atoms with Crippen LogP contribution >= 0.6 is 0 Å².